The molecule has 0 bridgehead atoms. The van der Waals surface area contributed by atoms with Gasteiger partial charge in [0.25, 0.3) is 0 Å². The van der Waals surface area contributed by atoms with Crippen molar-refractivity contribution in [3.05, 3.63) is 28.8 Å². The zero-order valence-electron chi connectivity index (χ0n) is 18.6. The predicted molar refractivity (Wildman–Crippen MR) is 127 cm³/mol. The molecule has 1 aliphatic heterocycles. The van der Waals surface area contributed by atoms with Gasteiger partial charge in [-0.3, -0.25) is 9.69 Å². The second kappa shape index (κ2) is 10.6. The van der Waals surface area contributed by atoms with Crippen molar-refractivity contribution in [3.63, 3.8) is 0 Å². The number of nitrogens with zero attached hydrogens (tertiary/aromatic N) is 2. The molecule has 6 nitrogen and oxygen atoms in total. The average Bonchev–Trinajstić information content (AvgIpc) is 2.99. The lowest BCUT2D eigenvalue weighted by molar-refractivity contribution is 0.0320. The van der Waals surface area contributed by atoms with Crippen molar-refractivity contribution in [2.75, 3.05) is 37.7 Å². The van der Waals surface area contributed by atoms with E-state index in [9.17, 15) is 13.2 Å². The summed E-state index contributed by atoms with van der Waals surface area (Å²) in [5.74, 6) is 0.210. The van der Waals surface area contributed by atoms with Gasteiger partial charge in [-0.15, -0.1) is 0 Å². The average molecular weight is 470 g/mol. The Hall–Kier alpha value is -1.15. The van der Waals surface area contributed by atoms with Crippen LogP contribution in [0.15, 0.2) is 18.2 Å². The lowest BCUT2D eigenvalue weighted by Gasteiger charge is -2.48. The number of carbonyl (C=O) groups is 1. The Balaban J connectivity index is 1.72. The van der Waals surface area contributed by atoms with Crippen LogP contribution >= 0.6 is 11.6 Å². The van der Waals surface area contributed by atoms with Gasteiger partial charge in [0.1, 0.15) is 0 Å². The molecule has 2 aliphatic rings. The largest absolute Gasteiger partial charge is 0.398 e. The first-order valence-corrected chi connectivity index (χ1v) is 13.6. The number of nitrogens with two attached hydrogens (primary N) is 1. The Morgan fingerprint density at radius 3 is 2.32 bits per heavy atom. The fourth-order valence-corrected chi connectivity index (χ4v) is 7.03. The van der Waals surface area contributed by atoms with Crippen molar-refractivity contribution in [1.82, 2.24) is 9.21 Å². The summed E-state index contributed by atoms with van der Waals surface area (Å²) in [7, 11) is -3.16. The number of rotatable bonds is 8. The van der Waals surface area contributed by atoms with Crippen LogP contribution in [0.2, 0.25) is 5.02 Å². The maximum Gasteiger partial charge on any atom is 0.214 e. The van der Waals surface area contributed by atoms with E-state index in [0.717, 1.165) is 45.2 Å². The van der Waals surface area contributed by atoms with Crippen LogP contribution in [0.5, 0.6) is 0 Å². The first kappa shape index (κ1) is 24.5. The van der Waals surface area contributed by atoms with Crippen molar-refractivity contribution in [2.45, 2.75) is 70.3 Å². The van der Waals surface area contributed by atoms with Gasteiger partial charge in [-0.2, -0.15) is 4.31 Å². The Morgan fingerprint density at radius 1 is 1.10 bits per heavy atom. The summed E-state index contributed by atoms with van der Waals surface area (Å²) < 4.78 is 26.6. The third-order valence-electron chi connectivity index (χ3n) is 6.94. The van der Waals surface area contributed by atoms with Gasteiger partial charge in [-0.05, 0) is 37.8 Å². The molecular weight excluding hydrogens is 434 g/mol. The zero-order valence-corrected chi connectivity index (χ0v) is 20.2. The minimum atomic E-state index is -3.16. The first-order valence-electron chi connectivity index (χ1n) is 11.6. The van der Waals surface area contributed by atoms with Crippen molar-refractivity contribution in [3.8, 4) is 0 Å². The van der Waals surface area contributed by atoms with Gasteiger partial charge >= 0.3 is 0 Å². The van der Waals surface area contributed by atoms with Gasteiger partial charge in [0, 0.05) is 43.8 Å². The number of hydrogen-bond acceptors (Lipinski definition) is 5. The Morgan fingerprint density at radius 2 is 1.74 bits per heavy atom. The molecule has 0 aromatic heterocycles. The van der Waals surface area contributed by atoms with Crippen LogP contribution in [0, 0.1) is 0 Å². The number of piperazine rings is 1. The molecule has 1 saturated carbocycles. The van der Waals surface area contributed by atoms with Gasteiger partial charge in [-0.25, -0.2) is 8.42 Å². The van der Waals surface area contributed by atoms with Gasteiger partial charge < -0.3 is 5.73 Å². The van der Waals surface area contributed by atoms with Crippen molar-refractivity contribution in [2.24, 2.45) is 0 Å². The standard InChI is InChI=1S/C23H36ClN3O3S/c1-2-18-31(29,30)27-16-14-26(15-17-27)23(11-5-3-4-6-12-23)13-10-21(28)22-19(24)8-7-9-20(22)25/h7-9H,2-6,10-18,25H2,1H3. The number of Topliss-reactive ketones (excluding diaryl/α,β-unsaturated/α-hetero) is 1. The normalized spacial score (nSPS) is 21.0. The van der Waals surface area contributed by atoms with E-state index in [4.69, 9.17) is 17.3 Å². The molecule has 1 aromatic carbocycles. The molecule has 0 atom stereocenters. The highest BCUT2D eigenvalue weighted by Crippen LogP contribution is 2.38. The van der Waals surface area contributed by atoms with Crippen molar-refractivity contribution < 1.29 is 13.2 Å². The minimum Gasteiger partial charge on any atom is -0.398 e. The summed E-state index contributed by atoms with van der Waals surface area (Å²) in [6, 6.07) is 5.19. The number of anilines is 1. The number of carbonyl (C=O) groups excluding carboxylic acids is 1. The van der Waals surface area contributed by atoms with Gasteiger partial charge in [0.2, 0.25) is 10.0 Å². The summed E-state index contributed by atoms with van der Waals surface area (Å²) in [6.07, 6.45) is 8.66. The SMILES string of the molecule is CCCS(=O)(=O)N1CCN(C2(CCC(=O)c3c(N)cccc3Cl)CCCCCC2)CC1. The Bertz CT molecular complexity index is 839. The summed E-state index contributed by atoms with van der Waals surface area (Å²) in [5, 5.41) is 0.412. The Kier molecular flexibility index (Phi) is 8.41. The molecule has 1 aliphatic carbocycles. The van der Waals surface area contributed by atoms with Crippen LogP contribution in [-0.2, 0) is 10.0 Å². The summed E-state index contributed by atoms with van der Waals surface area (Å²) >= 11 is 6.27. The van der Waals surface area contributed by atoms with E-state index in [0.29, 0.717) is 42.2 Å². The number of sulfonamides is 1. The van der Waals surface area contributed by atoms with E-state index in [1.807, 2.05) is 6.92 Å². The Labute approximate surface area is 192 Å². The minimum absolute atomic E-state index is 0.00381. The van der Waals surface area contributed by atoms with Crippen LogP contribution in [-0.4, -0.2) is 60.9 Å². The zero-order chi connectivity index (χ0) is 22.5. The second-order valence-corrected chi connectivity index (χ2v) is 11.5. The van der Waals surface area contributed by atoms with Gasteiger partial charge in [0.15, 0.2) is 5.78 Å². The molecule has 1 saturated heterocycles. The van der Waals surface area contributed by atoms with E-state index in [-0.39, 0.29) is 17.1 Å². The van der Waals surface area contributed by atoms with Crippen LogP contribution in [0.4, 0.5) is 5.69 Å². The highest BCUT2D eigenvalue weighted by Gasteiger charge is 2.40. The van der Waals surface area contributed by atoms with E-state index in [2.05, 4.69) is 4.90 Å². The number of hydrogen-bond donors (Lipinski definition) is 1. The molecule has 2 N–H and O–H groups in total. The molecule has 2 fully saturated rings. The molecule has 0 amide bonds. The fourth-order valence-electron chi connectivity index (χ4n) is 5.24. The number of halogens is 1. The molecular formula is C23H36ClN3O3S. The van der Waals surface area contributed by atoms with Gasteiger partial charge in [0.05, 0.1) is 16.3 Å². The van der Waals surface area contributed by atoms with Crippen LogP contribution in [0.1, 0.15) is 75.1 Å². The molecule has 1 heterocycles. The summed E-state index contributed by atoms with van der Waals surface area (Å²) in [6.45, 7) is 4.43. The molecule has 1 aromatic rings. The molecule has 174 valence electrons. The quantitative estimate of drug-likeness (QED) is 0.348. The summed E-state index contributed by atoms with van der Waals surface area (Å²) in [4.78, 5) is 15.5. The summed E-state index contributed by atoms with van der Waals surface area (Å²) in [5.41, 5.74) is 6.85. The third-order valence-corrected chi connectivity index (χ3v) is 9.33. The molecule has 8 heteroatoms. The third kappa shape index (κ3) is 5.81. The van der Waals surface area contributed by atoms with Crippen LogP contribution in [0.25, 0.3) is 0 Å². The molecule has 3 rings (SSSR count). The van der Waals surface area contributed by atoms with E-state index >= 15 is 0 Å². The van der Waals surface area contributed by atoms with Crippen molar-refractivity contribution >= 4 is 33.1 Å². The predicted octanol–water partition coefficient (Wildman–Crippen LogP) is 4.34. The monoisotopic (exact) mass is 469 g/mol. The number of nitrogen functional groups attached to an aromatic ring is 1. The molecule has 31 heavy (non-hydrogen) atoms. The lowest BCUT2D eigenvalue weighted by atomic mass is 9.82. The maximum absolute atomic E-state index is 13.0. The molecule has 0 spiro atoms. The number of benzene rings is 1. The second-order valence-electron chi connectivity index (χ2n) is 8.97. The number of ketones is 1. The van der Waals surface area contributed by atoms with E-state index in [1.54, 1.807) is 22.5 Å². The first-order chi connectivity index (χ1) is 14.8. The van der Waals surface area contributed by atoms with E-state index in [1.165, 1.54) is 12.8 Å². The maximum atomic E-state index is 13.0. The molecule has 0 unspecified atom stereocenters. The van der Waals surface area contributed by atoms with Crippen LogP contribution in [0.3, 0.4) is 0 Å². The fraction of sp³-hybridized carbons (Fsp3) is 0.696. The highest BCUT2D eigenvalue weighted by molar-refractivity contribution is 7.89. The van der Waals surface area contributed by atoms with Crippen molar-refractivity contribution in [1.29, 1.82) is 0 Å². The van der Waals surface area contributed by atoms with E-state index < -0.39 is 10.0 Å². The molecule has 0 radical (unpaired) electrons. The van der Waals surface area contributed by atoms with Crippen LogP contribution < -0.4 is 5.73 Å². The van der Waals surface area contributed by atoms with Gasteiger partial charge in [-0.1, -0.05) is 50.3 Å². The smallest absolute Gasteiger partial charge is 0.214 e. The topological polar surface area (TPSA) is 83.7 Å². The lowest BCUT2D eigenvalue weighted by Crippen LogP contribution is -2.58. The highest BCUT2D eigenvalue weighted by atomic mass is 35.5.